The van der Waals surface area contributed by atoms with Crippen LogP contribution in [0.1, 0.15) is 5.56 Å². The Bertz CT molecular complexity index is 1230. The SMILES string of the molecule is Cc1cc(I)ccc1NC(=O)CN(c1ccccc1)S(=O)(=O)c1ccccc1[N+](=O)[O-]. The summed E-state index contributed by atoms with van der Waals surface area (Å²) in [6.07, 6.45) is 0. The van der Waals surface area contributed by atoms with E-state index in [-0.39, 0.29) is 5.69 Å². The summed E-state index contributed by atoms with van der Waals surface area (Å²) in [6, 6.07) is 18.5. The van der Waals surface area contributed by atoms with Gasteiger partial charge >= 0.3 is 0 Å². The Morgan fingerprint density at radius 3 is 2.35 bits per heavy atom. The summed E-state index contributed by atoms with van der Waals surface area (Å²) in [5, 5.41) is 14.1. The van der Waals surface area contributed by atoms with E-state index in [9.17, 15) is 23.3 Å². The molecule has 31 heavy (non-hydrogen) atoms. The van der Waals surface area contributed by atoms with Crippen LogP contribution in [0.4, 0.5) is 17.1 Å². The molecular weight excluding hydrogens is 533 g/mol. The molecule has 0 fully saturated rings. The maximum Gasteiger partial charge on any atom is 0.289 e. The predicted octanol–water partition coefficient (Wildman–Crippen LogP) is 4.34. The van der Waals surface area contributed by atoms with Gasteiger partial charge in [0, 0.05) is 15.3 Å². The van der Waals surface area contributed by atoms with Crippen LogP contribution in [0.2, 0.25) is 0 Å². The van der Waals surface area contributed by atoms with E-state index in [4.69, 9.17) is 0 Å². The molecule has 0 saturated heterocycles. The fourth-order valence-electron chi connectivity index (χ4n) is 2.94. The van der Waals surface area contributed by atoms with Gasteiger partial charge in [-0.2, -0.15) is 0 Å². The number of carbonyl (C=O) groups excluding carboxylic acids is 1. The summed E-state index contributed by atoms with van der Waals surface area (Å²) >= 11 is 2.15. The molecule has 0 aliphatic heterocycles. The van der Waals surface area contributed by atoms with Crippen LogP contribution in [0.25, 0.3) is 0 Å². The first kappa shape index (κ1) is 22.7. The Morgan fingerprint density at radius 1 is 1.06 bits per heavy atom. The Hall–Kier alpha value is -2.99. The lowest BCUT2D eigenvalue weighted by Gasteiger charge is -2.24. The van der Waals surface area contributed by atoms with Crippen LogP contribution >= 0.6 is 22.6 Å². The standard InChI is InChI=1S/C21H18IN3O5S/c1-15-13-16(22)11-12-18(15)23-21(26)14-24(17-7-3-2-4-8-17)31(29,30)20-10-6-5-9-19(20)25(27)28/h2-13H,14H2,1H3,(H,23,26). The molecule has 0 spiro atoms. The average Bonchev–Trinajstić information content (AvgIpc) is 2.74. The molecular formula is C21H18IN3O5S. The second-order valence-corrected chi connectivity index (χ2v) is 9.66. The first-order chi connectivity index (χ1) is 14.7. The van der Waals surface area contributed by atoms with Crippen molar-refractivity contribution in [3.63, 3.8) is 0 Å². The van der Waals surface area contributed by atoms with Gasteiger partial charge in [0.1, 0.15) is 6.54 Å². The summed E-state index contributed by atoms with van der Waals surface area (Å²) in [6.45, 7) is 1.28. The molecule has 0 aliphatic carbocycles. The van der Waals surface area contributed by atoms with E-state index in [1.165, 1.54) is 24.3 Å². The van der Waals surface area contributed by atoms with Crippen molar-refractivity contribution in [2.75, 3.05) is 16.2 Å². The van der Waals surface area contributed by atoms with E-state index in [0.717, 1.165) is 25.6 Å². The van der Waals surface area contributed by atoms with Gasteiger partial charge in [-0.1, -0.05) is 30.3 Å². The smallest absolute Gasteiger partial charge is 0.289 e. The molecule has 1 N–H and O–H groups in total. The molecule has 0 atom stereocenters. The van der Waals surface area contributed by atoms with Gasteiger partial charge in [-0.15, -0.1) is 0 Å². The molecule has 0 aromatic heterocycles. The third-order valence-corrected chi connectivity index (χ3v) is 6.92. The van der Waals surface area contributed by atoms with Crippen LogP contribution in [0.5, 0.6) is 0 Å². The number of rotatable bonds is 7. The molecule has 0 unspecified atom stereocenters. The molecule has 8 nitrogen and oxygen atoms in total. The molecule has 3 aromatic rings. The van der Waals surface area contributed by atoms with Crippen molar-refractivity contribution in [3.05, 3.63) is 92.0 Å². The number of nitrogens with one attached hydrogen (secondary N) is 1. The van der Waals surface area contributed by atoms with Crippen LogP contribution in [0.15, 0.2) is 77.7 Å². The number of amides is 1. The van der Waals surface area contributed by atoms with Gasteiger partial charge in [-0.25, -0.2) is 8.42 Å². The maximum absolute atomic E-state index is 13.4. The molecule has 1 amide bonds. The minimum absolute atomic E-state index is 0.218. The molecule has 3 rings (SSSR count). The number of para-hydroxylation sites is 2. The van der Waals surface area contributed by atoms with Gasteiger partial charge in [0.05, 0.1) is 10.6 Å². The van der Waals surface area contributed by atoms with Gasteiger partial charge in [0.2, 0.25) is 5.91 Å². The molecule has 0 saturated carbocycles. The lowest BCUT2D eigenvalue weighted by atomic mass is 10.2. The van der Waals surface area contributed by atoms with Gasteiger partial charge in [-0.3, -0.25) is 19.2 Å². The number of nitrogens with zero attached hydrogens (tertiary/aromatic N) is 2. The molecule has 0 bridgehead atoms. The fraction of sp³-hybridized carbons (Fsp3) is 0.0952. The average molecular weight is 551 g/mol. The van der Waals surface area contributed by atoms with Crippen molar-refractivity contribution in [3.8, 4) is 0 Å². The largest absolute Gasteiger partial charge is 0.324 e. The van der Waals surface area contributed by atoms with Gasteiger partial charge in [0.15, 0.2) is 4.90 Å². The summed E-state index contributed by atoms with van der Waals surface area (Å²) < 4.78 is 28.7. The summed E-state index contributed by atoms with van der Waals surface area (Å²) in [4.78, 5) is 22.9. The summed E-state index contributed by atoms with van der Waals surface area (Å²) in [5.74, 6) is -0.574. The number of benzene rings is 3. The number of hydrogen-bond donors (Lipinski definition) is 1. The third kappa shape index (κ3) is 5.20. The molecule has 10 heteroatoms. The maximum atomic E-state index is 13.4. The van der Waals surface area contributed by atoms with Gasteiger partial charge in [0.25, 0.3) is 15.7 Å². The second kappa shape index (κ2) is 9.43. The number of sulfonamides is 1. The van der Waals surface area contributed by atoms with Crippen molar-refractivity contribution in [2.24, 2.45) is 0 Å². The lowest BCUT2D eigenvalue weighted by Crippen LogP contribution is -2.38. The highest BCUT2D eigenvalue weighted by Crippen LogP contribution is 2.29. The minimum atomic E-state index is -4.40. The second-order valence-electron chi connectivity index (χ2n) is 6.58. The number of carbonyl (C=O) groups is 1. The minimum Gasteiger partial charge on any atom is -0.324 e. The van der Waals surface area contributed by atoms with Crippen LogP contribution in [0.3, 0.4) is 0 Å². The van der Waals surface area contributed by atoms with Crippen molar-refractivity contribution >= 4 is 55.6 Å². The molecule has 3 aromatic carbocycles. The van der Waals surface area contributed by atoms with E-state index in [1.54, 1.807) is 24.3 Å². The third-order valence-electron chi connectivity index (χ3n) is 4.42. The number of nitro benzene ring substituents is 1. The van der Waals surface area contributed by atoms with E-state index in [2.05, 4.69) is 27.9 Å². The fourth-order valence-corrected chi connectivity index (χ4v) is 5.17. The van der Waals surface area contributed by atoms with E-state index in [0.29, 0.717) is 5.69 Å². The van der Waals surface area contributed by atoms with Gasteiger partial charge < -0.3 is 5.32 Å². The van der Waals surface area contributed by atoms with Crippen LogP contribution in [-0.2, 0) is 14.8 Å². The predicted molar refractivity (Wildman–Crippen MR) is 127 cm³/mol. The van der Waals surface area contributed by atoms with Crippen LogP contribution in [0, 0.1) is 20.6 Å². The Balaban J connectivity index is 2.00. The quantitative estimate of drug-likeness (QED) is 0.267. The van der Waals surface area contributed by atoms with E-state index in [1.807, 2.05) is 19.1 Å². The van der Waals surface area contributed by atoms with Crippen molar-refractivity contribution in [1.29, 1.82) is 0 Å². The van der Waals surface area contributed by atoms with Crippen molar-refractivity contribution in [1.82, 2.24) is 0 Å². The van der Waals surface area contributed by atoms with E-state index < -0.39 is 38.0 Å². The number of hydrogen-bond acceptors (Lipinski definition) is 5. The molecule has 0 aliphatic rings. The zero-order chi connectivity index (χ0) is 22.6. The van der Waals surface area contributed by atoms with Gasteiger partial charge in [-0.05, 0) is 71.5 Å². The first-order valence-corrected chi connectivity index (χ1v) is 11.6. The number of halogens is 1. The normalized spacial score (nSPS) is 11.0. The highest BCUT2D eigenvalue weighted by atomic mass is 127. The van der Waals surface area contributed by atoms with Crippen molar-refractivity contribution < 1.29 is 18.1 Å². The highest BCUT2D eigenvalue weighted by molar-refractivity contribution is 14.1. The van der Waals surface area contributed by atoms with Crippen LogP contribution in [-0.4, -0.2) is 25.8 Å². The zero-order valence-electron chi connectivity index (χ0n) is 16.4. The van der Waals surface area contributed by atoms with Crippen molar-refractivity contribution in [2.45, 2.75) is 11.8 Å². The summed E-state index contributed by atoms with van der Waals surface area (Å²) in [5.41, 5.74) is 1.04. The number of aryl methyl sites for hydroxylation is 1. The van der Waals surface area contributed by atoms with E-state index >= 15 is 0 Å². The number of nitro groups is 1. The lowest BCUT2D eigenvalue weighted by molar-refractivity contribution is -0.387. The molecule has 0 radical (unpaired) electrons. The Morgan fingerprint density at radius 2 is 1.71 bits per heavy atom. The molecule has 160 valence electrons. The Labute approximate surface area is 193 Å². The monoisotopic (exact) mass is 551 g/mol. The first-order valence-electron chi connectivity index (χ1n) is 9.07. The molecule has 0 heterocycles. The number of anilines is 2. The Kier molecular flexibility index (Phi) is 6.91. The zero-order valence-corrected chi connectivity index (χ0v) is 19.3. The highest BCUT2D eigenvalue weighted by Gasteiger charge is 2.33. The topological polar surface area (TPSA) is 110 Å². The van der Waals surface area contributed by atoms with Crippen LogP contribution < -0.4 is 9.62 Å². The summed E-state index contributed by atoms with van der Waals surface area (Å²) in [7, 11) is -4.40.